The van der Waals surface area contributed by atoms with Gasteiger partial charge in [-0.05, 0) is 30.7 Å². The highest BCUT2D eigenvalue weighted by Gasteiger charge is 2.06. The van der Waals surface area contributed by atoms with Crippen LogP contribution in [0.2, 0.25) is 0 Å². The lowest BCUT2D eigenvalue weighted by atomic mass is 10.1. The number of nitrogens with one attached hydrogen (secondary N) is 1. The van der Waals surface area contributed by atoms with Crippen LogP contribution in [0.3, 0.4) is 0 Å². The first-order valence-electron chi connectivity index (χ1n) is 4.92. The summed E-state index contributed by atoms with van der Waals surface area (Å²) in [5, 5.41) is 2.04. The lowest BCUT2D eigenvalue weighted by Crippen LogP contribution is -1.79. The summed E-state index contributed by atoms with van der Waals surface area (Å²) in [4.78, 5) is 3.31. The number of hydrogen-bond acceptors (Lipinski definition) is 0. The number of aryl methyl sites for hydroxylation is 1. The molecule has 0 unspecified atom stereocenters. The van der Waals surface area contributed by atoms with Crippen molar-refractivity contribution < 1.29 is 4.39 Å². The Morgan fingerprint density at radius 2 is 1.87 bits per heavy atom. The molecule has 0 aliphatic heterocycles. The molecule has 2 heteroatoms. The van der Waals surface area contributed by atoms with Crippen LogP contribution in [0.15, 0.2) is 36.4 Å². The number of benzene rings is 2. The van der Waals surface area contributed by atoms with Crippen LogP contribution in [0.5, 0.6) is 0 Å². The Kier molecular flexibility index (Phi) is 1.60. The SMILES string of the molecule is Cc1cc(F)cc2c1[nH]c1ccccc12. The van der Waals surface area contributed by atoms with Gasteiger partial charge in [-0.15, -0.1) is 0 Å². The second-order valence-electron chi connectivity index (χ2n) is 3.82. The van der Waals surface area contributed by atoms with Gasteiger partial charge in [0.2, 0.25) is 0 Å². The maximum absolute atomic E-state index is 13.3. The Morgan fingerprint density at radius 1 is 1.07 bits per heavy atom. The van der Waals surface area contributed by atoms with E-state index in [1.807, 2.05) is 31.2 Å². The number of hydrogen-bond donors (Lipinski definition) is 1. The van der Waals surface area contributed by atoms with Gasteiger partial charge in [-0.1, -0.05) is 18.2 Å². The molecule has 0 spiro atoms. The molecule has 2 aromatic carbocycles. The van der Waals surface area contributed by atoms with Crippen molar-refractivity contribution in [2.75, 3.05) is 0 Å². The van der Waals surface area contributed by atoms with Crippen molar-refractivity contribution in [1.82, 2.24) is 4.98 Å². The smallest absolute Gasteiger partial charge is 0.124 e. The van der Waals surface area contributed by atoms with Crippen LogP contribution in [0, 0.1) is 12.7 Å². The molecule has 1 N–H and O–H groups in total. The number of aromatic amines is 1. The van der Waals surface area contributed by atoms with E-state index in [0.717, 1.165) is 27.4 Å². The third-order valence-electron chi connectivity index (χ3n) is 2.78. The number of halogens is 1. The van der Waals surface area contributed by atoms with Crippen molar-refractivity contribution in [2.24, 2.45) is 0 Å². The molecule has 0 atom stereocenters. The zero-order chi connectivity index (χ0) is 10.4. The van der Waals surface area contributed by atoms with E-state index < -0.39 is 0 Å². The fourth-order valence-electron chi connectivity index (χ4n) is 2.08. The van der Waals surface area contributed by atoms with E-state index in [9.17, 15) is 4.39 Å². The topological polar surface area (TPSA) is 15.8 Å². The van der Waals surface area contributed by atoms with Crippen molar-refractivity contribution in [2.45, 2.75) is 6.92 Å². The molecule has 74 valence electrons. The molecule has 0 aliphatic carbocycles. The highest BCUT2D eigenvalue weighted by molar-refractivity contribution is 6.08. The first kappa shape index (κ1) is 8.48. The van der Waals surface area contributed by atoms with E-state index in [2.05, 4.69) is 4.98 Å². The van der Waals surface area contributed by atoms with E-state index in [0.29, 0.717) is 0 Å². The predicted octanol–water partition coefficient (Wildman–Crippen LogP) is 3.77. The fourth-order valence-corrected chi connectivity index (χ4v) is 2.08. The molecule has 0 radical (unpaired) electrons. The first-order valence-corrected chi connectivity index (χ1v) is 4.92. The van der Waals surface area contributed by atoms with Gasteiger partial charge in [0.25, 0.3) is 0 Å². The summed E-state index contributed by atoms with van der Waals surface area (Å²) in [6.45, 7) is 1.92. The minimum Gasteiger partial charge on any atom is -0.354 e. The van der Waals surface area contributed by atoms with E-state index in [-0.39, 0.29) is 5.82 Å². The third kappa shape index (κ3) is 1.14. The summed E-state index contributed by atoms with van der Waals surface area (Å²) < 4.78 is 13.3. The van der Waals surface area contributed by atoms with Gasteiger partial charge in [0.05, 0.1) is 0 Å². The van der Waals surface area contributed by atoms with Gasteiger partial charge in [-0.3, -0.25) is 0 Å². The van der Waals surface area contributed by atoms with Gasteiger partial charge < -0.3 is 4.98 Å². The molecular weight excluding hydrogens is 189 g/mol. The van der Waals surface area contributed by atoms with Crippen molar-refractivity contribution in [1.29, 1.82) is 0 Å². The molecule has 0 saturated heterocycles. The van der Waals surface area contributed by atoms with Gasteiger partial charge in [-0.25, -0.2) is 4.39 Å². The summed E-state index contributed by atoms with van der Waals surface area (Å²) in [6.07, 6.45) is 0. The van der Waals surface area contributed by atoms with Gasteiger partial charge in [0, 0.05) is 21.8 Å². The number of rotatable bonds is 0. The van der Waals surface area contributed by atoms with E-state index in [1.165, 1.54) is 0 Å². The van der Waals surface area contributed by atoms with Gasteiger partial charge in [0.15, 0.2) is 0 Å². The fraction of sp³-hybridized carbons (Fsp3) is 0.0769. The maximum atomic E-state index is 13.3. The van der Waals surface area contributed by atoms with Gasteiger partial charge in [-0.2, -0.15) is 0 Å². The zero-order valence-electron chi connectivity index (χ0n) is 8.34. The van der Waals surface area contributed by atoms with Crippen LogP contribution >= 0.6 is 0 Å². The largest absolute Gasteiger partial charge is 0.354 e. The standard InChI is InChI=1S/C13H10FN/c1-8-6-9(14)7-11-10-4-2-3-5-12(10)15-13(8)11/h2-7,15H,1H3. The van der Waals surface area contributed by atoms with Crippen LogP contribution in [-0.4, -0.2) is 4.98 Å². The van der Waals surface area contributed by atoms with Crippen LogP contribution in [0.4, 0.5) is 4.39 Å². The van der Waals surface area contributed by atoms with Crippen LogP contribution < -0.4 is 0 Å². The predicted molar refractivity (Wildman–Crippen MR) is 60.5 cm³/mol. The molecule has 3 aromatic rings. The zero-order valence-corrected chi connectivity index (χ0v) is 8.34. The van der Waals surface area contributed by atoms with Gasteiger partial charge >= 0.3 is 0 Å². The molecule has 1 heterocycles. The number of aromatic nitrogens is 1. The lowest BCUT2D eigenvalue weighted by molar-refractivity contribution is 0.628. The van der Waals surface area contributed by atoms with Crippen LogP contribution in [-0.2, 0) is 0 Å². The monoisotopic (exact) mass is 199 g/mol. The minimum absolute atomic E-state index is 0.176. The van der Waals surface area contributed by atoms with Crippen LogP contribution in [0.1, 0.15) is 5.56 Å². The average molecular weight is 199 g/mol. The molecular formula is C13H10FN. The molecule has 1 aromatic heterocycles. The average Bonchev–Trinajstić information content (AvgIpc) is 2.57. The number of para-hydroxylation sites is 1. The molecule has 0 fully saturated rings. The molecule has 3 rings (SSSR count). The Balaban J connectivity index is 2.61. The number of H-pyrrole nitrogens is 1. The Labute approximate surface area is 86.5 Å². The minimum atomic E-state index is -0.176. The molecule has 0 amide bonds. The van der Waals surface area contributed by atoms with Crippen molar-refractivity contribution in [3.8, 4) is 0 Å². The summed E-state index contributed by atoms with van der Waals surface area (Å²) in [5.74, 6) is -0.176. The molecule has 0 saturated carbocycles. The summed E-state index contributed by atoms with van der Waals surface area (Å²) in [6, 6.07) is 11.1. The second-order valence-corrected chi connectivity index (χ2v) is 3.82. The molecule has 0 bridgehead atoms. The summed E-state index contributed by atoms with van der Waals surface area (Å²) >= 11 is 0. The summed E-state index contributed by atoms with van der Waals surface area (Å²) in [5.41, 5.74) is 3.03. The van der Waals surface area contributed by atoms with Gasteiger partial charge in [0.1, 0.15) is 5.82 Å². The highest BCUT2D eigenvalue weighted by atomic mass is 19.1. The maximum Gasteiger partial charge on any atom is 0.124 e. The van der Waals surface area contributed by atoms with E-state index in [1.54, 1.807) is 12.1 Å². The highest BCUT2D eigenvalue weighted by Crippen LogP contribution is 2.27. The van der Waals surface area contributed by atoms with E-state index >= 15 is 0 Å². The lowest BCUT2D eigenvalue weighted by Gasteiger charge is -1.96. The molecule has 0 aliphatic rings. The molecule has 1 nitrogen and oxygen atoms in total. The van der Waals surface area contributed by atoms with E-state index in [4.69, 9.17) is 0 Å². The third-order valence-corrected chi connectivity index (χ3v) is 2.78. The normalized spacial score (nSPS) is 11.3. The summed E-state index contributed by atoms with van der Waals surface area (Å²) in [7, 11) is 0. The number of fused-ring (bicyclic) bond motifs is 3. The van der Waals surface area contributed by atoms with Crippen molar-refractivity contribution in [3.05, 3.63) is 47.8 Å². The molecule has 15 heavy (non-hydrogen) atoms. The Hall–Kier alpha value is -1.83. The quantitative estimate of drug-likeness (QED) is 0.567. The van der Waals surface area contributed by atoms with Crippen LogP contribution in [0.25, 0.3) is 21.8 Å². The second kappa shape index (κ2) is 2.83. The Morgan fingerprint density at radius 3 is 2.73 bits per heavy atom. The first-order chi connectivity index (χ1) is 7.25. The Bertz CT molecular complexity index is 652. The van der Waals surface area contributed by atoms with Crippen molar-refractivity contribution in [3.63, 3.8) is 0 Å². The van der Waals surface area contributed by atoms with Crippen molar-refractivity contribution >= 4 is 21.8 Å².